The third-order valence-corrected chi connectivity index (χ3v) is 3.52. The SMILES string of the molecule is Clc1ccc2c(c1)NCCC1COCCN21. The fraction of sp³-hybridized carbons (Fsp3) is 0.500. The Hall–Kier alpha value is -0.930. The van der Waals surface area contributed by atoms with Crippen LogP contribution in [-0.2, 0) is 4.74 Å². The van der Waals surface area contributed by atoms with Crippen molar-refractivity contribution >= 4 is 23.0 Å². The third-order valence-electron chi connectivity index (χ3n) is 3.29. The van der Waals surface area contributed by atoms with Gasteiger partial charge in [0.2, 0.25) is 0 Å². The van der Waals surface area contributed by atoms with Gasteiger partial charge in [0.05, 0.1) is 30.6 Å². The molecule has 4 heteroatoms. The highest BCUT2D eigenvalue weighted by molar-refractivity contribution is 6.31. The topological polar surface area (TPSA) is 24.5 Å². The molecule has 1 aromatic rings. The molecule has 0 saturated carbocycles. The second-order valence-electron chi connectivity index (χ2n) is 4.30. The quantitative estimate of drug-likeness (QED) is 0.751. The van der Waals surface area contributed by atoms with Crippen LogP contribution in [0.1, 0.15) is 6.42 Å². The first-order chi connectivity index (χ1) is 7.84. The zero-order valence-corrected chi connectivity index (χ0v) is 9.83. The molecule has 0 amide bonds. The number of nitrogens with zero attached hydrogens (tertiary/aromatic N) is 1. The van der Waals surface area contributed by atoms with Crippen LogP contribution in [0.15, 0.2) is 18.2 Å². The van der Waals surface area contributed by atoms with Gasteiger partial charge in [-0.15, -0.1) is 0 Å². The molecule has 1 saturated heterocycles. The standard InChI is InChI=1S/C12H15ClN2O/c13-9-1-2-12-11(7-9)14-4-3-10-8-16-6-5-15(10)12/h1-2,7,10,14H,3-6,8H2. The zero-order chi connectivity index (χ0) is 11.0. The highest BCUT2D eigenvalue weighted by atomic mass is 35.5. The summed E-state index contributed by atoms with van der Waals surface area (Å²) in [7, 11) is 0. The smallest absolute Gasteiger partial charge is 0.0671 e. The van der Waals surface area contributed by atoms with Crippen molar-refractivity contribution in [2.45, 2.75) is 12.5 Å². The van der Waals surface area contributed by atoms with Crippen molar-refractivity contribution in [3.63, 3.8) is 0 Å². The van der Waals surface area contributed by atoms with Gasteiger partial charge in [-0.25, -0.2) is 0 Å². The van der Waals surface area contributed by atoms with E-state index < -0.39 is 0 Å². The molecule has 1 N–H and O–H groups in total. The average molecular weight is 239 g/mol. The average Bonchev–Trinajstić information content (AvgIpc) is 2.47. The predicted octanol–water partition coefficient (Wildman–Crippen LogP) is 2.36. The van der Waals surface area contributed by atoms with Crippen molar-refractivity contribution in [1.82, 2.24) is 0 Å². The number of ether oxygens (including phenoxy) is 1. The Morgan fingerprint density at radius 3 is 3.31 bits per heavy atom. The van der Waals surface area contributed by atoms with Gasteiger partial charge in [-0.2, -0.15) is 0 Å². The minimum absolute atomic E-state index is 0.503. The van der Waals surface area contributed by atoms with Crippen molar-refractivity contribution in [2.75, 3.05) is 36.5 Å². The summed E-state index contributed by atoms with van der Waals surface area (Å²) in [5.41, 5.74) is 2.41. The number of halogens is 1. The lowest BCUT2D eigenvalue weighted by Crippen LogP contribution is -2.45. The lowest BCUT2D eigenvalue weighted by molar-refractivity contribution is 0.0931. The molecule has 1 aromatic carbocycles. The van der Waals surface area contributed by atoms with Gasteiger partial charge in [0, 0.05) is 18.1 Å². The Morgan fingerprint density at radius 1 is 1.44 bits per heavy atom. The molecule has 0 bridgehead atoms. The summed E-state index contributed by atoms with van der Waals surface area (Å²) in [5.74, 6) is 0. The summed E-state index contributed by atoms with van der Waals surface area (Å²) in [5, 5.41) is 4.23. The molecule has 2 aliphatic heterocycles. The van der Waals surface area contributed by atoms with Gasteiger partial charge < -0.3 is 15.0 Å². The van der Waals surface area contributed by atoms with E-state index in [0.29, 0.717) is 6.04 Å². The molecule has 2 aliphatic rings. The molecule has 1 unspecified atom stereocenters. The van der Waals surface area contributed by atoms with E-state index in [1.165, 1.54) is 5.69 Å². The van der Waals surface area contributed by atoms with Crippen LogP contribution in [0, 0.1) is 0 Å². The maximum absolute atomic E-state index is 6.02. The van der Waals surface area contributed by atoms with Crippen LogP contribution >= 0.6 is 11.6 Å². The molecule has 3 nitrogen and oxygen atoms in total. The van der Waals surface area contributed by atoms with Crippen LogP contribution in [0.4, 0.5) is 11.4 Å². The predicted molar refractivity (Wildman–Crippen MR) is 66.5 cm³/mol. The van der Waals surface area contributed by atoms with Crippen molar-refractivity contribution < 1.29 is 4.74 Å². The summed E-state index contributed by atoms with van der Waals surface area (Å²) in [4.78, 5) is 2.44. The Balaban J connectivity index is 2.00. The molecule has 0 radical (unpaired) electrons. The van der Waals surface area contributed by atoms with Gasteiger partial charge in [-0.1, -0.05) is 11.6 Å². The maximum atomic E-state index is 6.02. The Bertz CT molecular complexity index is 397. The van der Waals surface area contributed by atoms with E-state index in [4.69, 9.17) is 16.3 Å². The van der Waals surface area contributed by atoms with E-state index >= 15 is 0 Å². The monoisotopic (exact) mass is 238 g/mol. The number of hydrogen-bond donors (Lipinski definition) is 1. The first-order valence-corrected chi connectivity index (χ1v) is 6.10. The van der Waals surface area contributed by atoms with E-state index in [1.54, 1.807) is 0 Å². The van der Waals surface area contributed by atoms with Gasteiger partial charge >= 0.3 is 0 Å². The van der Waals surface area contributed by atoms with Crippen LogP contribution in [0.25, 0.3) is 0 Å². The molecular formula is C12H15ClN2O. The van der Waals surface area contributed by atoms with Gasteiger partial charge in [0.25, 0.3) is 0 Å². The highest BCUT2D eigenvalue weighted by Crippen LogP contribution is 2.34. The zero-order valence-electron chi connectivity index (χ0n) is 9.08. The molecular weight excluding hydrogens is 224 g/mol. The van der Waals surface area contributed by atoms with Crippen molar-refractivity contribution in [2.24, 2.45) is 0 Å². The maximum Gasteiger partial charge on any atom is 0.0671 e. The van der Waals surface area contributed by atoms with E-state index in [1.807, 2.05) is 12.1 Å². The molecule has 0 spiro atoms. The Labute approximate surface area is 100 Å². The van der Waals surface area contributed by atoms with Crippen LogP contribution in [0.3, 0.4) is 0 Å². The Morgan fingerprint density at radius 2 is 2.38 bits per heavy atom. The number of rotatable bonds is 0. The fourth-order valence-electron chi connectivity index (χ4n) is 2.48. The van der Waals surface area contributed by atoms with E-state index in [-0.39, 0.29) is 0 Å². The summed E-state index contributed by atoms with van der Waals surface area (Å²) >= 11 is 6.02. The van der Waals surface area contributed by atoms with Crippen LogP contribution in [0.5, 0.6) is 0 Å². The summed E-state index contributed by atoms with van der Waals surface area (Å²) < 4.78 is 5.54. The first-order valence-electron chi connectivity index (χ1n) is 5.72. The van der Waals surface area contributed by atoms with Crippen LogP contribution in [0.2, 0.25) is 5.02 Å². The number of anilines is 2. The largest absolute Gasteiger partial charge is 0.383 e. The molecule has 1 atom stereocenters. The number of fused-ring (bicyclic) bond motifs is 3. The second-order valence-corrected chi connectivity index (χ2v) is 4.74. The van der Waals surface area contributed by atoms with Crippen molar-refractivity contribution in [1.29, 1.82) is 0 Å². The first kappa shape index (κ1) is 10.2. The summed E-state index contributed by atoms with van der Waals surface area (Å²) in [6, 6.07) is 6.58. The van der Waals surface area contributed by atoms with E-state index in [9.17, 15) is 0 Å². The molecule has 16 heavy (non-hydrogen) atoms. The van der Waals surface area contributed by atoms with Crippen molar-refractivity contribution in [3.05, 3.63) is 23.2 Å². The molecule has 3 rings (SSSR count). The van der Waals surface area contributed by atoms with E-state index in [2.05, 4.69) is 16.3 Å². The second kappa shape index (κ2) is 4.15. The van der Waals surface area contributed by atoms with Crippen molar-refractivity contribution in [3.8, 4) is 0 Å². The molecule has 2 heterocycles. The molecule has 1 fully saturated rings. The normalized spacial score (nSPS) is 24.1. The van der Waals surface area contributed by atoms with Gasteiger partial charge in [-0.05, 0) is 24.6 Å². The lowest BCUT2D eigenvalue weighted by atomic mass is 10.1. The third kappa shape index (κ3) is 1.74. The Kier molecular flexibility index (Phi) is 2.65. The minimum atomic E-state index is 0.503. The fourth-order valence-corrected chi connectivity index (χ4v) is 2.66. The summed E-state index contributed by atoms with van der Waals surface area (Å²) in [6.45, 7) is 3.61. The molecule has 0 aliphatic carbocycles. The molecule has 0 aromatic heterocycles. The minimum Gasteiger partial charge on any atom is -0.383 e. The highest BCUT2D eigenvalue weighted by Gasteiger charge is 2.27. The van der Waals surface area contributed by atoms with Gasteiger partial charge in [0.15, 0.2) is 0 Å². The van der Waals surface area contributed by atoms with Crippen LogP contribution < -0.4 is 10.2 Å². The summed E-state index contributed by atoms with van der Waals surface area (Å²) in [6.07, 6.45) is 1.12. The number of morpholine rings is 1. The number of benzene rings is 1. The number of hydrogen-bond acceptors (Lipinski definition) is 3. The van der Waals surface area contributed by atoms with Gasteiger partial charge in [0.1, 0.15) is 0 Å². The number of nitrogens with one attached hydrogen (secondary N) is 1. The van der Waals surface area contributed by atoms with Gasteiger partial charge in [-0.3, -0.25) is 0 Å². The van der Waals surface area contributed by atoms with E-state index in [0.717, 1.165) is 43.4 Å². The lowest BCUT2D eigenvalue weighted by Gasteiger charge is -2.36. The van der Waals surface area contributed by atoms with Crippen LogP contribution in [-0.4, -0.2) is 32.3 Å². The molecule has 86 valence electrons.